The normalized spacial score (nSPS) is 13.1. The zero-order valence-corrected chi connectivity index (χ0v) is 29.6. The molecule has 2 unspecified atom stereocenters. The van der Waals surface area contributed by atoms with Gasteiger partial charge in [0.05, 0.1) is 13.2 Å². The highest BCUT2D eigenvalue weighted by Gasteiger charge is 2.37. The molecule has 244 valence electrons. The van der Waals surface area contributed by atoms with Gasteiger partial charge in [0.15, 0.2) is 0 Å². The number of nitrogens with one attached hydrogen (secondary N) is 2. The van der Waals surface area contributed by atoms with E-state index in [1.807, 2.05) is 13.8 Å². The van der Waals surface area contributed by atoms with Crippen molar-refractivity contribution in [3.05, 3.63) is 0 Å². The number of aliphatic hydroxyl groups is 1. The van der Waals surface area contributed by atoms with Crippen LogP contribution in [0.5, 0.6) is 0 Å². The molecule has 0 saturated heterocycles. The summed E-state index contributed by atoms with van der Waals surface area (Å²) in [6, 6.07) is 1.51. The van der Waals surface area contributed by atoms with Gasteiger partial charge < -0.3 is 48.0 Å². The molecule has 0 aliphatic rings. The van der Waals surface area contributed by atoms with E-state index < -0.39 is 23.5 Å². The first-order valence-electron chi connectivity index (χ1n) is 13.4. The van der Waals surface area contributed by atoms with Gasteiger partial charge in [-0.2, -0.15) is 23.5 Å². The lowest BCUT2D eigenvalue weighted by Gasteiger charge is -2.24. The molecule has 0 aromatic heterocycles. The fraction of sp³-hybridized carbons (Fsp3) is 0.875. The number of carbonyl (C=O) groups excluding carboxylic acids is 3. The lowest BCUT2D eigenvalue weighted by Crippen LogP contribution is -2.42. The van der Waals surface area contributed by atoms with E-state index in [1.165, 1.54) is 0 Å². The summed E-state index contributed by atoms with van der Waals surface area (Å²) in [6.07, 6.45) is 1.82. The Morgan fingerprint density at radius 3 is 1.41 bits per heavy atom. The minimum Gasteiger partial charge on any atom is -0.395 e. The molecule has 17 heteroatoms. The second kappa shape index (κ2) is 25.7. The summed E-state index contributed by atoms with van der Waals surface area (Å²) < 4.78 is 32.0. The molecular formula is C24H53N3O10S2Si2. The van der Waals surface area contributed by atoms with Gasteiger partial charge in [0.1, 0.15) is 0 Å². The molecule has 2 atom stereocenters. The Balaban J connectivity index is 0. The minimum atomic E-state index is -2.49. The standard InChI is InChI=1S/C12H26N2O5SSi.C12H27NO5SSi/c1-10(12(16)14-8-11(13)15)9-20-6-5-7-21(17-2,18-3)19-4;1-11(12(15)13-6-7-14)10-19-8-5-9-20(16-2,17-3)18-4/h10H,5-9H2,1-4H3,(H2,13,15)(H,14,16);11,14H,5-10H2,1-4H3,(H,13,15). The quantitative estimate of drug-likeness (QED) is 0.0851. The highest BCUT2D eigenvalue weighted by atomic mass is 32.2. The second-order valence-electron chi connectivity index (χ2n) is 8.95. The van der Waals surface area contributed by atoms with Gasteiger partial charge in [-0.3, -0.25) is 14.4 Å². The number of nitrogens with two attached hydrogens (primary N) is 1. The van der Waals surface area contributed by atoms with E-state index in [2.05, 4.69) is 10.6 Å². The van der Waals surface area contributed by atoms with E-state index in [4.69, 9.17) is 37.4 Å². The first kappa shape index (κ1) is 42.4. The molecule has 0 aliphatic heterocycles. The minimum absolute atomic E-state index is 0.0130. The average molecular weight is 664 g/mol. The predicted molar refractivity (Wildman–Crippen MR) is 168 cm³/mol. The van der Waals surface area contributed by atoms with Crippen LogP contribution in [-0.4, -0.2) is 126 Å². The third kappa shape index (κ3) is 20.0. The van der Waals surface area contributed by atoms with Gasteiger partial charge in [-0.15, -0.1) is 0 Å². The number of rotatable bonds is 24. The van der Waals surface area contributed by atoms with Crippen molar-refractivity contribution in [3.63, 3.8) is 0 Å². The van der Waals surface area contributed by atoms with Crippen LogP contribution < -0.4 is 16.4 Å². The molecule has 0 heterocycles. The summed E-state index contributed by atoms with van der Waals surface area (Å²) in [5, 5.41) is 13.8. The maximum Gasteiger partial charge on any atom is 0.500 e. The van der Waals surface area contributed by atoms with Gasteiger partial charge in [-0.1, -0.05) is 13.8 Å². The van der Waals surface area contributed by atoms with Crippen molar-refractivity contribution in [2.75, 3.05) is 85.4 Å². The molecule has 13 nitrogen and oxygen atoms in total. The molecule has 0 bridgehead atoms. The predicted octanol–water partition coefficient (Wildman–Crippen LogP) is 0.958. The number of amides is 3. The molecule has 0 saturated carbocycles. The Labute approximate surface area is 256 Å². The van der Waals surface area contributed by atoms with E-state index in [0.29, 0.717) is 12.3 Å². The number of hydrogen-bond acceptors (Lipinski definition) is 12. The number of hydrogen-bond donors (Lipinski definition) is 4. The van der Waals surface area contributed by atoms with Crippen LogP contribution in [0.1, 0.15) is 26.7 Å². The number of thioether (sulfide) groups is 2. The highest BCUT2D eigenvalue weighted by molar-refractivity contribution is 7.99. The van der Waals surface area contributed by atoms with Crippen LogP contribution in [0.4, 0.5) is 0 Å². The summed E-state index contributed by atoms with van der Waals surface area (Å²) in [6.45, 7) is 3.89. The third-order valence-electron chi connectivity index (χ3n) is 5.89. The van der Waals surface area contributed by atoms with E-state index in [9.17, 15) is 14.4 Å². The lowest BCUT2D eigenvalue weighted by molar-refractivity contribution is -0.126. The van der Waals surface area contributed by atoms with Gasteiger partial charge in [-0.05, 0) is 24.3 Å². The molecular weight excluding hydrogens is 611 g/mol. The van der Waals surface area contributed by atoms with Crippen LogP contribution in [0, 0.1) is 11.8 Å². The topological polar surface area (TPSA) is 177 Å². The van der Waals surface area contributed by atoms with Crippen LogP contribution in [0.2, 0.25) is 12.1 Å². The summed E-state index contributed by atoms with van der Waals surface area (Å²) in [5.74, 6) is 2.34. The Morgan fingerprint density at radius 1 is 0.732 bits per heavy atom. The van der Waals surface area contributed by atoms with Crippen molar-refractivity contribution in [1.29, 1.82) is 0 Å². The van der Waals surface area contributed by atoms with E-state index in [0.717, 1.165) is 42.2 Å². The molecule has 0 fully saturated rings. The maximum atomic E-state index is 11.6. The average Bonchev–Trinajstić information content (AvgIpc) is 2.98. The number of primary amides is 1. The molecule has 0 spiro atoms. The van der Waals surface area contributed by atoms with Gasteiger partial charge in [0.2, 0.25) is 17.7 Å². The van der Waals surface area contributed by atoms with E-state index >= 15 is 0 Å². The van der Waals surface area contributed by atoms with Crippen LogP contribution >= 0.6 is 23.5 Å². The van der Waals surface area contributed by atoms with E-state index in [1.54, 1.807) is 66.2 Å². The molecule has 0 aromatic rings. The van der Waals surface area contributed by atoms with Crippen LogP contribution in [0.25, 0.3) is 0 Å². The smallest absolute Gasteiger partial charge is 0.395 e. The molecule has 0 aromatic carbocycles. The first-order chi connectivity index (χ1) is 19.5. The van der Waals surface area contributed by atoms with Crippen molar-refractivity contribution in [2.45, 2.75) is 38.8 Å². The van der Waals surface area contributed by atoms with Crippen LogP contribution in [0.3, 0.4) is 0 Å². The van der Waals surface area contributed by atoms with Gasteiger partial charge in [-0.25, -0.2) is 0 Å². The van der Waals surface area contributed by atoms with Crippen LogP contribution in [0.15, 0.2) is 0 Å². The van der Waals surface area contributed by atoms with Crippen molar-refractivity contribution in [3.8, 4) is 0 Å². The highest BCUT2D eigenvalue weighted by Crippen LogP contribution is 2.19. The van der Waals surface area contributed by atoms with Gasteiger partial charge >= 0.3 is 17.6 Å². The molecule has 41 heavy (non-hydrogen) atoms. The Morgan fingerprint density at radius 2 is 1.10 bits per heavy atom. The molecule has 0 aliphatic carbocycles. The molecule has 3 amide bonds. The van der Waals surface area contributed by atoms with Gasteiger partial charge in [0.25, 0.3) is 0 Å². The zero-order chi connectivity index (χ0) is 31.7. The van der Waals surface area contributed by atoms with E-state index in [-0.39, 0.29) is 36.8 Å². The lowest BCUT2D eigenvalue weighted by atomic mass is 10.2. The zero-order valence-electron chi connectivity index (χ0n) is 25.9. The summed E-state index contributed by atoms with van der Waals surface area (Å²) in [4.78, 5) is 33.8. The fourth-order valence-corrected chi connectivity index (χ4v) is 9.26. The monoisotopic (exact) mass is 663 g/mol. The Hall–Kier alpha value is -0.736. The largest absolute Gasteiger partial charge is 0.500 e. The van der Waals surface area contributed by atoms with Crippen molar-refractivity contribution >= 4 is 58.9 Å². The first-order valence-corrected chi connectivity index (χ1v) is 19.5. The number of carbonyl (C=O) groups is 3. The van der Waals surface area contributed by atoms with Crippen molar-refractivity contribution < 1.29 is 46.0 Å². The van der Waals surface area contributed by atoms with Crippen molar-refractivity contribution in [1.82, 2.24) is 10.6 Å². The number of aliphatic hydroxyl groups excluding tert-OH is 1. The summed E-state index contributed by atoms with van der Waals surface area (Å²) in [5.41, 5.74) is 4.97. The second-order valence-corrected chi connectivity index (χ2v) is 17.4. The third-order valence-corrected chi connectivity index (χ3v) is 14.2. The fourth-order valence-electron chi connectivity index (χ4n) is 3.27. The summed E-state index contributed by atoms with van der Waals surface area (Å²) >= 11 is 3.40. The van der Waals surface area contributed by atoms with Gasteiger partial charge in [0, 0.05) is 84.6 Å². The summed E-state index contributed by atoms with van der Waals surface area (Å²) in [7, 11) is 4.68. The maximum absolute atomic E-state index is 11.6. The van der Waals surface area contributed by atoms with Crippen molar-refractivity contribution in [2.24, 2.45) is 17.6 Å². The molecule has 0 rings (SSSR count). The molecule has 0 radical (unpaired) electrons. The molecule has 5 N–H and O–H groups in total. The van der Waals surface area contributed by atoms with Crippen LogP contribution in [-0.2, 0) is 40.9 Å². The Bertz CT molecular complexity index is 692. The SMILES string of the molecule is CO[Si](CCCSCC(C)C(=O)NCC(N)=O)(OC)OC.CO[Si](CCCSCC(C)C(=O)NCCO)(OC)OC. The Kier molecular flexibility index (Phi) is 26.6.